The van der Waals surface area contributed by atoms with Crippen molar-refractivity contribution in [3.05, 3.63) is 18.3 Å². The summed E-state index contributed by atoms with van der Waals surface area (Å²) < 4.78 is 5.19. The van der Waals surface area contributed by atoms with Crippen LogP contribution in [0.5, 0.6) is 0 Å². The molecule has 2 rings (SSSR count). The maximum atomic E-state index is 5.19. The van der Waals surface area contributed by atoms with Crippen LogP contribution in [-0.2, 0) is 0 Å². The number of nitrogens with zero attached hydrogens (tertiary/aromatic N) is 4. The van der Waals surface area contributed by atoms with Crippen molar-refractivity contribution in [1.82, 2.24) is 20.2 Å². The molecular weight excluding hydrogens is 200 g/mol. The normalized spacial score (nSPS) is 10.4. The third-order valence-corrected chi connectivity index (χ3v) is 2.26. The first kappa shape index (κ1) is 9.14. The molecule has 5 nitrogen and oxygen atoms in total. The third-order valence-electron chi connectivity index (χ3n) is 1.58. The Labute approximate surface area is 85.0 Å². The minimum Gasteiger partial charge on any atom is -0.418 e. The smallest absolute Gasteiger partial charge is 0.285 e. The van der Waals surface area contributed by atoms with Gasteiger partial charge in [0.25, 0.3) is 5.89 Å². The van der Waals surface area contributed by atoms with E-state index in [0.717, 1.165) is 4.90 Å². The van der Waals surface area contributed by atoms with Crippen LogP contribution in [0, 0.1) is 6.92 Å². The molecule has 0 amide bonds. The summed E-state index contributed by atoms with van der Waals surface area (Å²) in [6, 6.07) is 0. The Morgan fingerprint density at radius 3 is 2.43 bits per heavy atom. The van der Waals surface area contributed by atoms with E-state index in [-0.39, 0.29) is 0 Å². The highest BCUT2D eigenvalue weighted by molar-refractivity contribution is 7.98. The van der Waals surface area contributed by atoms with Crippen LogP contribution in [0.1, 0.15) is 5.89 Å². The molecule has 0 aliphatic carbocycles. The summed E-state index contributed by atoms with van der Waals surface area (Å²) >= 11 is 1.59. The molecule has 72 valence electrons. The second kappa shape index (κ2) is 3.75. The molecule has 0 spiro atoms. The lowest BCUT2D eigenvalue weighted by Crippen LogP contribution is -1.88. The molecule has 6 heteroatoms. The number of rotatable bonds is 2. The van der Waals surface area contributed by atoms with Gasteiger partial charge in [0.1, 0.15) is 0 Å². The van der Waals surface area contributed by atoms with Crippen LogP contribution in [0.15, 0.2) is 21.7 Å². The first-order valence-electron chi connectivity index (χ1n) is 3.96. The largest absolute Gasteiger partial charge is 0.418 e. The Balaban J connectivity index is 2.33. The fourth-order valence-electron chi connectivity index (χ4n) is 0.919. The average Bonchev–Trinajstić information content (AvgIpc) is 2.65. The van der Waals surface area contributed by atoms with Crippen molar-refractivity contribution >= 4 is 11.8 Å². The summed E-state index contributed by atoms with van der Waals surface area (Å²) in [4.78, 5) is 9.21. The van der Waals surface area contributed by atoms with Crippen LogP contribution in [0.3, 0.4) is 0 Å². The SMILES string of the molecule is CSc1cnc(-c2nnc(C)o2)nc1. The Morgan fingerprint density at radius 2 is 1.93 bits per heavy atom. The van der Waals surface area contributed by atoms with Crippen molar-refractivity contribution in [2.24, 2.45) is 0 Å². The third kappa shape index (κ3) is 1.74. The van der Waals surface area contributed by atoms with Crippen LogP contribution in [0.25, 0.3) is 11.7 Å². The van der Waals surface area contributed by atoms with E-state index in [9.17, 15) is 0 Å². The monoisotopic (exact) mass is 208 g/mol. The summed E-state index contributed by atoms with van der Waals surface area (Å²) in [7, 11) is 0. The average molecular weight is 208 g/mol. The van der Waals surface area contributed by atoms with Gasteiger partial charge in [0, 0.05) is 24.2 Å². The molecule has 0 atom stereocenters. The number of thioether (sulfide) groups is 1. The lowest BCUT2D eigenvalue weighted by Gasteiger charge is -1.94. The van der Waals surface area contributed by atoms with Crippen molar-refractivity contribution in [3.8, 4) is 11.7 Å². The van der Waals surface area contributed by atoms with E-state index in [1.807, 2.05) is 6.26 Å². The Bertz CT molecular complexity index is 425. The van der Waals surface area contributed by atoms with E-state index in [1.54, 1.807) is 31.1 Å². The second-order valence-electron chi connectivity index (χ2n) is 2.57. The van der Waals surface area contributed by atoms with Crippen molar-refractivity contribution in [2.75, 3.05) is 6.26 Å². The first-order chi connectivity index (χ1) is 6.79. The van der Waals surface area contributed by atoms with Crippen molar-refractivity contribution in [2.45, 2.75) is 11.8 Å². The number of aryl methyl sites for hydroxylation is 1. The fraction of sp³-hybridized carbons (Fsp3) is 0.250. The van der Waals surface area contributed by atoms with Crippen molar-refractivity contribution in [1.29, 1.82) is 0 Å². The predicted molar refractivity (Wildman–Crippen MR) is 51.8 cm³/mol. The molecule has 0 aliphatic heterocycles. The van der Waals surface area contributed by atoms with Gasteiger partial charge in [-0.25, -0.2) is 9.97 Å². The predicted octanol–water partition coefficient (Wildman–Crippen LogP) is 1.56. The highest BCUT2D eigenvalue weighted by atomic mass is 32.2. The van der Waals surface area contributed by atoms with Gasteiger partial charge in [0.05, 0.1) is 0 Å². The first-order valence-corrected chi connectivity index (χ1v) is 5.18. The molecule has 0 N–H and O–H groups in total. The minimum absolute atomic E-state index is 0.357. The minimum atomic E-state index is 0.357. The molecule has 0 bridgehead atoms. The molecule has 0 aliphatic rings. The van der Waals surface area contributed by atoms with Gasteiger partial charge >= 0.3 is 0 Å². The Morgan fingerprint density at radius 1 is 1.21 bits per heavy atom. The van der Waals surface area contributed by atoms with E-state index < -0.39 is 0 Å². The zero-order valence-corrected chi connectivity index (χ0v) is 8.58. The molecule has 0 radical (unpaired) electrons. The highest BCUT2D eigenvalue weighted by Crippen LogP contribution is 2.15. The maximum absolute atomic E-state index is 5.19. The Kier molecular flexibility index (Phi) is 2.45. The number of hydrogen-bond donors (Lipinski definition) is 0. The van der Waals surface area contributed by atoms with Gasteiger partial charge in [-0.15, -0.1) is 22.0 Å². The van der Waals surface area contributed by atoms with Crippen LogP contribution in [0.4, 0.5) is 0 Å². The van der Waals surface area contributed by atoms with E-state index in [1.165, 1.54) is 0 Å². The van der Waals surface area contributed by atoms with Crippen molar-refractivity contribution in [3.63, 3.8) is 0 Å². The molecule has 2 heterocycles. The van der Waals surface area contributed by atoms with Gasteiger partial charge in [-0.1, -0.05) is 0 Å². The van der Waals surface area contributed by atoms with Gasteiger partial charge in [-0.2, -0.15) is 0 Å². The second-order valence-corrected chi connectivity index (χ2v) is 3.45. The Hall–Kier alpha value is -1.43. The quantitative estimate of drug-likeness (QED) is 0.698. The number of hydrogen-bond acceptors (Lipinski definition) is 6. The van der Waals surface area contributed by atoms with Gasteiger partial charge in [-0.3, -0.25) is 0 Å². The molecule has 2 aromatic heterocycles. The summed E-state index contributed by atoms with van der Waals surface area (Å²) in [6.07, 6.45) is 5.42. The van der Waals surface area contributed by atoms with Crippen LogP contribution < -0.4 is 0 Å². The molecule has 0 fully saturated rings. The standard InChI is InChI=1S/C8H8N4OS/c1-5-11-12-8(13-5)7-9-3-6(14-2)4-10-7/h3-4H,1-2H3. The van der Waals surface area contributed by atoms with E-state index in [0.29, 0.717) is 17.6 Å². The van der Waals surface area contributed by atoms with Crippen molar-refractivity contribution < 1.29 is 4.42 Å². The summed E-state index contributed by atoms with van der Waals surface area (Å²) in [5.74, 6) is 1.33. The summed E-state index contributed by atoms with van der Waals surface area (Å²) in [6.45, 7) is 1.73. The molecule has 2 aromatic rings. The van der Waals surface area contributed by atoms with E-state index in [2.05, 4.69) is 20.2 Å². The number of aromatic nitrogens is 4. The fourth-order valence-corrected chi connectivity index (χ4v) is 1.24. The lowest BCUT2D eigenvalue weighted by molar-refractivity contribution is 0.528. The molecule has 0 saturated carbocycles. The van der Waals surface area contributed by atoms with Crippen LogP contribution >= 0.6 is 11.8 Å². The topological polar surface area (TPSA) is 64.7 Å². The molecule has 0 saturated heterocycles. The molecule has 0 unspecified atom stereocenters. The van der Waals surface area contributed by atoms with Crippen LogP contribution in [0.2, 0.25) is 0 Å². The zero-order valence-electron chi connectivity index (χ0n) is 7.76. The lowest BCUT2D eigenvalue weighted by atomic mass is 10.5. The van der Waals surface area contributed by atoms with Crippen LogP contribution in [-0.4, -0.2) is 26.4 Å². The zero-order chi connectivity index (χ0) is 9.97. The molecule has 0 aromatic carbocycles. The molecule has 14 heavy (non-hydrogen) atoms. The van der Waals surface area contributed by atoms with E-state index in [4.69, 9.17) is 4.42 Å². The maximum Gasteiger partial charge on any atom is 0.285 e. The van der Waals surface area contributed by atoms with Gasteiger partial charge in [0.2, 0.25) is 11.7 Å². The van der Waals surface area contributed by atoms with Gasteiger partial charge in [-0.05, 0) is 6.26 Å². The molecular formula is C8H8N4OS. The summed E-state index contributed by atoms with van der Waals surface area (Å²) in [5.41, 5.74) is 0. The van der Waals surface area contributed by atoms with Gasteiger partial charge in [0.15, 0.2) is 0 Å². The van der Waals surface area contributed by atoms with Gasteiger partial charge < -0.3 is 4.42 Å². The summed E-state index contributed by atoms with van der Waals surface area (Å²) in [5, 5.41) is 7.53. The highest BCUT2D eigenvalue weighted by Gasteiger charge is 2.08. The van der Waals surface area contributed by atoms with E-state index >= 15 is 0 Å².